The molecule has 1 aliphatic heterocycles. The molecule has 0 amide bonds. The molecule has 166 valence electrons. The molecule has 0 bridgehead atoms. The molecule has 1 aliphatic rings. The van der Waals surface area contributed by atoms with Crippen molar-refractivity contribution in [1.82, 2.24) is 0 Å². The van der Waals surface area contributed by atoms with Crippen LogP contribution in [0.25, 0.3) is 0 Å². The van der Waals surface area contributed by atoms with Crippen molar-refractivity contribution >= 4 is 19.8 Å². The van der Waals surface area contributed by atoms with Gasteiger partial charge in [-0.3, -0.25) is 18.6 Å². The molecule has 0 aromatic heterocycles. The number of carboxylic acid groups (broad SMARTS) is 1. The summed E-state index contributed by atoms with van der Waals surface area (Å²) in [5, 5.41) is 18.4. The largest absolute Gasteiger partial charge is 0.508 e. The molecule has 4 atom stereocenters. The number of rotatable bonds is 11. The van der Waals surface area contributed by atoms with E-state index < -0.39 is 44.6 Å². The minimum Gasteiger partial charge on any atom is -0.508 e. The minimum atomic E-state index is -4.64. The molecular weight excluding hydrogens is 421 g/mol. The topological polar surface area (TPSA) is 175 Å². The number of benzene rings is 1. The molecule has 30 heavy (non-hydrogen) atoms. The van der Waals surface area contributed by atoms with Gasteiger partial charge in [0, 0.05) is 6.42 Å². The second kappa shape index (κ2) is 11.2. The van der Waals surface area contributed by atoms with Crippen molar-refractivity contribution in [3.05, 3.63) is 42.0 Å². The average molecular weight is 445 g/mol. The Balaban J connectivity index is 1.83. The summed E-state index contributed by atoms with van der Waals surface area (Å²) in [6.07, 6.45) is 1.35. The van der Waals surface area contributed by atoms with E-state index in [9.17, 15) is 24.2 Å². The van der Waals surface area contributed by atoms with E-state index in [0.29, 0.717) is 5.56 Å². The number of hydrogen-bond donors (Lipinski definition) is 4. The van der Waals surface area contributed by atoms with Gasteiger partial charge in [-0.15, -0.1) is 0 Å². The van der Waals surface area contributed by atoms with Gasteiger partial charge in [0.2, 0.25) is 0 Å². The van der Waals surface area contributed by atoms with Gasteiger partial charge in [-0.25, -0.2) is 4.57 Å². The Morgan fingerprint density at radius 3 is 2.77 bits per heavy atom. The van der Waals surface area contributed by atoms with Crippen molar-refractivity contribution in [1.29, 1.82) is 0 Å². The SMILES string of the molecule is N[C@@H](COP(=O)(O)O[C@H]1C=CCO[C@@H]1COC(=O)CCc1ccccc1O)C(=O)O. The number of carbonyl (C=O) groups excluding carboxylic acids is 1. The number of carbonyl (C=O) groups is 2. The summed E-state index contributed by atoms with van der Waals surface area (Å²) >= 11 is 0. The lowest BCUT2D eigenvalue weighted by Gasteiger charge is -2.28. The van der Waals surface area contributed by atoms with Crippen LogP contribution in [-0.2, 0) is 39.1 Å². The van der Waals surface area contributed by atoms with Crippen molar-refractivity contribution in [2.45, 2.75) is 31.1 Å². The van der Waals surface area contributed by atoms with E-state index in [1.807, 2.05) is 0 Å². The van der Waals surface area contributed by atoms with E-state index in [4.69, 9.17) is 24.8 Å². The van der Waals surface area contributed by atoms with Crippen LogP contribution in [0.4, 0.5) is 0 Å². The van der Waals surface area contributed by atoms with Crippen molar-refractivity contribution in [2.75, 3.05) is 19.8 Å². The molecule has 1 aromatic rings. The third kappa shape index (κ3) is 7.86. The molecule has 1 aromatic carbocycles. The number of aryl methyl sites for hydroxylation is 1. The highest BCUT2D eigenvalue weighted by Crippen LogP contribution is 2.45. The number of esters is 1. The predicted octanol–water partition coefficient (Wildman–Crippen LogP) is 0.737. The zero-order valence-corrected chi connectivity index (χ0v) is 16.9. The van der Waals surface area contributed by atoms with Crippen LogP contribution in [0.2, 0.25) is 0 Å². The lowest BCUT2D eigenvalue weighted by Crippen LogP contribution is -2.38. The molecule has 1 unspecified atom stereocenters. The maximum absolute atomic E-state index is 12.0. The van der Waals surface area contributed by atoms with Crippen LogP contribution in [-0.4, -0.2) is 65.1 Å². The molecule has 0 radical (unpaired) electrons. The molecule has 1 heterocycles. The fourth-order valence-corrected chi connectivity index (χ4v) is 3.39. The van der Waals surface area contributed by atoms with Crippen LogP contribution in [0, 0.1) is 0 Å². The molecule has 0 saturated heterocycles. The molecule has 0 aliphatic carbocycles. The first-order chi connectivity index (χ1) is 14.2. The second-order valence-corrected chi connectivity index (χ2v) is 7.80. The van der Waals surface area contributed by atoms with Gasteiger partial charge >= 0.3 is 19.8 Å². The lowest BCUT2D eigenvalue weighted by atomic mass is 10.1. The van der Waals surface area contributed by atoms with Gasteiger partial charge in [-0.1, -0.05) is 30.4 Å². The molecule has 12 heteroatoms. The molecule has 0 spiro atoms. The number of aliphatic carboxylic acids is 1. The number of phenols is 1. The second-order valence-electron chi connectivity index (χ2n) is 6.39. The van der Waals surface area contributed by atoms with Crippen LogP contribution in [0.3, 0.4) is 0 Å². The number of aromatic hydroxyl groups is 1. The van der Waals surface area contributed by atoms with Crippen LogP contribution in [0.5, 0.6) is 5.75 Å². The molecule has 0 saturated carbocycles. The first-order valence-corrected chi connectivity index (χ1v) is 10.5. The van der Waals surface area contributed by atoms with Gasteiger partial charge in [0.25, 0.3) is 0 Å². The van der Waals surface area contributed by atoms with Gasteiger partial charge in [0.05, 0.1) is 13.2 Å². The molecule has 11 nitrogen and oxygen atoms in total. The summed E-state index contributed by atoms with van der Waals surface area (Å²) in [6, 6.07) is 5.13. The summed E-state index contributed by atoms with van der Waals surface area (Å²) in [5.41, 5.74) is 5.82. The Hall–Kier alpha value is -2.27. The zero-order chi connectivity index (χ0) is 22.1. The van der Waals surface area contributed by atoms with Gasteiger partial charge in [-0.2, -0.15) is 0 Å². The lowest BCUT2D eigenvalue weighted by molar-refractivity contribution is -0.150. The fourth-order valence-electron chi connectivity index (χ4n) is 2.47. The van der Waals surface area contributed by atoms with Gasteiger partial charge in [0.15, 0.2) is 0 Å². The quantitative estimate of drug-likeness (QED) is 0.215. The molecular formula is C18H24NO10P. The third-order valence-corrected chi connectivity index (χ3v) is 5.07. The Morgan fingerprint density at radius 1 is 1.33 bits per heavy atom. The Labute approximate surface area is 172 Å². The maximum Gasteiger partial charge on any atom is 0.472 e. The summed E-state index contributed by atoms with van der Waals surface area (Å²) in [7, 11) is -4.64. The number of phosphoric ester groups is 1. The first kappa shape index (κ1) is 24.0. The highest BCUT2D eigenvalue weighted by Gasteiger charge is 2.34. The number of para-hydroxylation sites is 1. The number of hydrogen-bond acceptors (Lipinski definition) is 9. The van der Waals surface area contributed by atoms with E-state index in [2.05, 4.69) is 4.52 Å². The monoisotopic (exact) mass is 445 g/mol. The summed E-state index contributed by atoms with van der Waals surface area (Å²) in [4.78, 5) is 32.4. The number of ether oxygens (including phenoxy) is 2. The molecule has 2 rings (SSSR count). The minimum absolute atomic E-state index is 0.0142. The van der Waals surface area contributed by atoms with Gasteiger partial charge in [-0.05, 0) is 18.1 Å². The Bertz CT molecular complexity index is 814. The van der Waals surface area contributed by atoms with E-state index in [1.54, 1.807) is 24.3 Å². The Morgan fingerprint density at radius 2 is 2.07 bits per heavy atom. The van der Waals surface area contributed by atoms with Crippen LogP contribution in [0.1, 0.15) is 12.0 Å². The van der Waals surface area contributed by atoms with Crippen molar-refractivity contribution in [3.8, 4) is 5.75 Å². The van der Waals surface area contributed by atoms with Crippen LogP contribution >= 0.6 is 7.82 Å². The third-order valence-electron chi connectivity index (χ3n) is 4.09. The number of phosphoric acid groups is 1. The van der Waals surface area contributed by atoms with E-state index in [1.165, 1.54) is 12.1 Å². The van der Waals surface area contributed by atoms with Crippen LogP contribution in [0.15, 0.2) is 36.4 Å². The Kier molecular flexibility index (Phi) is 8.97. The molecule has 5 N–H and O–H groups in total. The van der Waals surface area contributed by atoms with Crippen molar-refractivity contribution < 1.29 is 47.8 Å². The van der Waals surface area contributed by atoms with Gasteiger partial charge in [0.1, 0.15) is 30.6 Å². The average Bonchev–Trinajstić information content (AvgIpc) is 2.70. The predicted molar refractivity (Wildman–Crippen MR) is 103 cm³/mol. The standard InChI is InChI=1S/C18H24NO10P/c19-13(18(22)23)10-28-30(24,25)29-15-6-3-9-26-16(15)11-27-17(21)8-7-12-4-1-2-5-14(12)20/h1-6,13,15-16,20H,7-11,19H2,(H,22,23)(H,24,25)/t13-,15-,16+/m0/s1. The summed E-state index contributed by atoms with van der Waals surface area (Å²) < 4.78 is 32.2. The van der Waals surface area contributed by atoms with Crippen molar-refractivity contribution in [3.63, 3.8) is 0 Å². The number of carboxylic acids is 1. The normalized spacial score (nSPS) is 21.5. The first-order valence-electron chi connectivity index (χ1n) is 9.03. The number of nitrogens with two attached hydrogens (primary N) is 1. The van der Waals surface area contributed by atoms with E-state index >= 15 is 0 Å². The molecule has 0 fully saturated rings. The number of phenolic OH excluding ortho intramolecular Hbond substituents is 1. The summed E-state index contributed by atoms with van der Waals surface area (Å²) in [5.74, 6) is -1.86. The van der Waals surface area contributed by atoms with Crippen LogP contribution < -0.4 is 5.73 Å². The van der Waals surface area contributed by atoms with E-state index in [0.717, 1.165) is 0 Å². The fraction of sp³-hybridized carbons (Fsp3) is 0.444. The van der Waals surface area contributed by atoms with E-state index in [-0.39, 0.29) is 31.8 Å². The maximum atomic E-state index is 12.0. The smallest absolute Gasteiger partial charge is 0.472 e. The highest BCUT2D eigenvalue weighted by atomic mass is 31.2. The van der Waals surface area contributed by atoms with Crippen molar-refractivity contribution in [2.24, 2.45) is 5.73 Å². The zero-order valence-electron chi connectivity index (χ0n) is 16.0. The summed E-state index contributed by atoms with van der Waals surface area (Å²) in [6.45, 7) is -0.796. The van der Waals surface area contributed by atoms with Gasteiger partial charge < -0.3 is 30.3 Å². The highest BCUT2D eigenvalue weighted by molar-refractivity contribution is 7.47.